The molecule has 3 nitrogen and oxygen atoms in total. The number of anilines is 1. The summed E-state index contributed by atoms with van der Waals surface area (Å²) in [6.45, 7) is 3.78. The topological polar surface area (TPSA) is 32.7 Å². The van der Waals surface area contributed by atoms with Gasteiger partial charge in [-0.15, -0.1) is 0 Å². The van der Waals surface area contributed by atoms with Gasteiger partial charge in [0.2, 0.25) is 0 Å². The minimum atomic E-state index is -0.427. The zero-order chi connectivity index (χ0) is 13.1. The first kappa shape index (κ1) is 13.8. The Labute approximate surface area is 117 Å². The van der Waals surface area contributed by atoms with Crippen LogP contribution in [0.15, 0.2) is 22.7 Å². The van der Waals surface area contributed by atoms with E-state index in [-0.39, 0.29) is 0 Å². The van der Waals surface area contributed by atoms with Crippen LogP contribution in [0.3, 0.4) is 0 Å². The number of piperidine rings is 1. The number of ether oxygens (including phenoxy) is 1. The van der Waals surface area contributed by atoms with E-state index in [0.29, 0.717) is 6.10 Å². The highest BCUT2D eigenvalue weighted by atomic mass is 79.9. The van der Waals surface area contributed by atoms with Crippen LogP contribution in [0.25, 0.3) is 0 Å². The van der Waals surface area contributed by atoms with E-state index in [4.69, 9.17) is 4.74 Å². The lowest BCUT2D eigenvalue weighted by atomic mass is 10.1. The van der Waals surface area contributed by atoms with Crippen molar-refractivity contribution in [1.82, 2.24) is 0 Å². The van der Waals surface area contributed by atoms with Gasteiger partial charge in [0.1, 0.15) is 0 Å². The highest BCUT2D eigenvalue weighted by Crippen LogP contribution is 2.31. The minimum Gasteiger partial charge on any atom is -0.389 e. The number of methoxy groups -OCH3 is 1. The van der Waals surface area contributed by atoms with E-state index in [1.165, 1.54) is 5.69 Å². The quantitative estimate of drug-likeness (QED) is 0.930. The molecule has 0 spiro atoms. The second kappa shape index (κ2) is 6.04. The van der Waals surface area contributed by atoms with Crippen molar-refractivity contribution in [1.29, 1.82) is 0 Å². The molecular weight excluding hydrogens is 294 g/mol. The van der Waals surface area contributed by atoms with Crippen molar-refractivity contribution in [2.24, 2.45) is 0 Å². The summed E-state index contributed by atoms with van der Waals surface area (Å²) in [6, 6.07) is 6.06. The second-order valence-electron chi connectivity index (χ2n) is 4.83. The molecule has 0 saturated carbocycles. The van der Waals surface area contributed by atoms with E-state index in [1.54, 1.807) is 14.0 Å². The summed E-state index contributed by atoms with van der Waals surface area (Å²) in [5.74, 6) is 0. The highest BCUT2D eigenvalue weighted by Gasteiger charge is 2.21. The zero-order valence-corrected chi connectivity index (χ0v) is 12.5. The van der Waals surface area contributed by atoms with Crippen LogP contribution in [-0.4, -0.2) is 31.4 Å². The fourth-order valence-electron chi connectivity index (χ4n) is 2.39. The molecule has 18 heavy (non-hydrogen) atoms. The molecule has 0 amide bonds. The van der Waals surface area contributed by atoms with Crippen LogP contribution >= 0.6 is 15.9 Å². The van der Waals surface area contributed by atoms with Gasteiger partial charge in [-0.3, -0.25) is 0 Å². The van der Waals surface area contributed by atoms with Crippen molar-refractivity contribution in [3.8, 4) is 0 Å². The van der Waals surface area contributed by atoms with Crippen LogP contribution in [0.5, 0.6) is 0 Å². The molecule has 2 rings (SSSR count). The molecule has 1 saturated heterocycles. The Hall–Kier alpha value is -0.580. The Morgan fingerprint density at radius 2 is 2.28 bits per heavy atom. The molecule has 4 heteroatoms. The Morgan fingerprint density at radius 1 is 1.50 bits per heavy atom. The number of hydrogen-bond acceptors (Lipinski definition) is 3. The average molecular weight is 314 g/mol. The van der Waals surface area contributed by atoms with Gasteiger partial charge in [0.15, 0.2) is 0 Å². The third-order valence-electron chi connectivity index (χ3n) is 3.51. The smallest absolute Gasteiger partial charge is 0.0762 e. The lowest BCUT2D eigenvalue weighted by Crippen LogP contribution is -2.39. The molecule has 2 atom stereocenters. The molecule has 1 fully saturated rings. The third-order valence-corrected chi connectivity index (χ3v) is 4.14. The molecule has 0 bridgehead atoms. The molecule has 0 radical (unpaired) electrons. The van der Waals surface area contributed by atoms with E-state index in [2.05, 4.69) is 26.9 Å². The van der Waals surface area contributed by atoms with Crippen LogP contribution in [0, 0.1) is 0 Å². The number of hydrogen-bond donors (Lipinski definition) is 1. The van der Waals surface area contributed by atoms with Gasteiger partial charge >= 0.3 is 0 Å². The van der Waals surface area contributed by atoms with Crippen LogP contribution in [-0.2, 0) is 4.74 Å². The Balaban J connectivity index is 2.17. The molecular formula is C14H20BrNO2. The summed E-state index contributed by atoms with van der Waals surface area (Å²) in [7, 11) is 1.78. The number of halogens is 1. The van der Waals surface area contributed by atoms with Crippen molar-refractivity contribution in [3.63, 3.8) is 0 Å². The first-order chi connectivity index (χ1) is 8.61. The molecule has 2 unspecified atom stereocenters. The van der Waals surface area contributed by atoms with E-state index < -0.39 is 6.10 Å². The predicted octanol–water partition coefficient (Wildman–Crippen LogP) is 3.12. The number of aliphatic hydroxyl groups is 1. The van der Waals surface area contributed by atoms with Crippen LogP contribution in [0.1, 0.15) is 31.4 Å². The van der Waals surface area contributed by atoms with Gasteiger partial charge < -0.3 is 14.7 Å². The monoisotopic (exact) mass is 313 g/mol. The Kier molecular flexibility index (Phi) is 4.65. The van der Waals surface area contributed by atoms with Crippen molar-refractivity contribution < 1.29 is 9.84 Å². The van der Waals surface area contributed by atoms with E-state index in [0.717, 1.165) is 36.0 Å². The van der Waals surface area contributed by atoms with Gasteiger partial charge in [-0.2, -0.15) is 0 Å². The standard InChI is InChI=1S/C14H20BrNO2/c1-10(17)11-5-6-14(13(15)8-11)16-7-3-4-12(9-16)18-2/h5-6,8,10,12,17H,3-4,7,9H2,1-2H3. The van der Waals surface area contributed by atoms with Gasteiger partial charge in [-0.1, -0.05) is 6.07 Å². The summed E-state index contributed by atoms with van der Waals surface area (Å²) in [5, 5.41) is 9.58. The highest BCUT2D eigenvalue weighted by molar-refractivity contribution is 9.10. The van der Waals surface area contributed by atoms with Gasteiger partial charge in [0.25, 0.3) is 0 Å². The maximum atomic E-state index is 9.58. The minimum absolute atomic E-state index is 0.321. The normalized spacial score (nSPS) is 22.0. The fraction of sp³-hybridized carbons (Fsp3) is 0.571. The maximum Gasteiger partial charge on any atom is 0.0762 e. The maximum absolute atomic E-state index is 9.58. The second-order valence-corrected chi connectivity index (χ2v) is 5.69. The lowest BCUT2D eigenvalue weighted by molar-refractivity contribution is 0.0893. The number of aliphatic hydroxyl groups excluding tert-OH is 1. The Morgan fingerprint density at radius 3 is 2.89 bits per heavy atom. The largest absolute Gasteiger partial charge is 0.389 e. The van der Waals surface area contributed by atoms with Crippen molar-refractivity contribution in [3.05, 3.63) is 28.2 Å². The zero-order valence-electron chi connectivity index (χ0n) is 10.9. The molecule has 1 aromatic carbocycles. The van der Waals surface area contributed by atoms with E-state index in [1.807, 2.05) is 12.1 Å². The molecule has 1 heterocycles. The SMILES string of the molecule is COC1CCCN(c2ccc(C(C)O)cc2Br)C1. The lowest BCUT2D eigenvalue weighted by Gasteiger charge is -2.34. The first-order valence-corrected chi connectivity index (χ1v) is 7.16. The molecule has 100 valence electrons. The van der Waals surface area contributed by atoms with E-state index >= 15 is 0 Å². The van der Waals surface area contributed by atoms with Crippen LogP contribution < -0.4 is 4.90 Å². The van der Waals surface area contributed by atoms with E-state index in [9.17, 15) is 5.11 Å². The molecule has 1 aliphatic heterocycles. The van der Waals surface area contributed by atoms with Gasteiger partial charge in [0.05, 0.1) is 17.9 Å². The van der Waals surface area contributed by atoms with Gasteiger partial charge in [-0.05, 0) is 53.4 Å². The van der Waals surface area contributed by atoms with Gasteiger partial charge in [-0.25, -0.2) is 0 Å². The first-order valence-electron chi connectivity index (χ1n) is 6.37. The van der Waals surface area contributed by atoms with Crippen molar-refractivity contribution in [2.75, 3.05) is 25.1 Å². The van der Waals surface area contributed by atoms with Crippen molar-refractivity contribution in [2.45, 2.75) is 32.0 Å². The molecule has 0 aliphatic carbocycles. The third kappa shape index (κ3) is 3.05. The summed E-state index contributed by atoms with van der Waals surface area (Å²) < 4.78 is 6.49. The molecule has 1 aliphatic rings. The molecule has 1 N–H and O–H groups in total. The summed E-state index contributed by atoms with van der Waals surface area (Å²) in [5.41, 5.74) is 2.12. The van der Waals surface area contributed by atoms with Gasteiger partial charge in [0, 0.05) is 24.7 Å². The number of nitrogens with zero attached hydrogens (tertiary/aromatic N) is 1. The van der Waals surface area contributed by atoms with Crippen molar-refractivity contribution >= 4 is 21.6 Å². The molecule has 1 aromatic rings. The number of rotatable bonds is 3. The van der Waals surface area contributed by atoms with Crippen LogP contribution in [0.2, 0.25) is 0 Å². The average Bonchev–Trinajstić information content (AvgIpc) is 2.38. The Bertz CT molecular complexity index is 409. The fourth-order valence-corrected chi connectivity index (χ4v) is 3.04. The summed E-state index contributed by atoms with van der Waals surface area (Å²) in [4.78, 5) is 2.34. The summed E-state index contributed by atoms with van der Waals surface area (Å²) in [6.07, 6.45) is 2.19. The van der Waals surface area contributed by atoms with Crippen LogP contribution in [0.4, 0.5) is 5.69 Å². The summed E-state index contributed by atoms with van der Waals surface area (Å²) >= 11 is 3.60. The molecule has 0 aromatic heterocycles. The predicted molar refractivity (Wildman–Crippen MR) is 77.0 cm³/mol. The number of benzene rings is 1.